The topological polar surface area (TPSA) is 379 Å². The molecule has 2 aliphatic rings. The van der Waals surface area contributed by atoms with Crippen LogP contribution in [0.25, 0.3) is 33.4 Å². The predicted molar refractivity (Wildman–Crippen MR) is 291 cm³/mol. The van der Waals surface area contributed by atoms with E-state index in [1.807, 2.05) is 0 Å². The molecule has 3 aromatic rings. The average Bonchev–Trinajstić information content (AvgIpc) is 3.99. The number of aliphatic hydroxyl groups is 1. The van der Waals surface area contributed by atoms with Gasteiger partial charge < -0.3 is 55.9 Å². The largest absolute Gasteiger partial charge is 0.508 e. The van der Waals surface area contributed by atoms with E-state index in [4.69, 9.17) is 14.9 Å². The first-order valence-electron chi connectivity index (χ1n) is 26.5. The van der Waals surface area contributed by atoms with Crippen molar-refractivity contribution in [2.45, 2.75) is 136 Å². The number of nitrogens with one attached hydrogen (secondary N) is 4. The van der Waals surface area contributed by atoms with E-state index in [9.17, 15) is 72.9 Å². The highest BCUT2D eigenvalue weighted by Crippen LogP contribution is 2.44. The number of carboxylic acids is 1. The van der Waals surface area contributed by atoms with Gasteiger partial charge in [0, 0.05) is 114 Å². The zero-order valence-electron chi connectivity index (χ0n) is 45.6. The molecule has 23 heteroatoms. The Morgan fingerprint density at radius 3 is 2.07 bits per heavy atom. The first-order valence-corrected chi connectivity index (χ1v) is 26.5. The van der Waals surface area contributed by atoms with Crippen molar-refractivity contribution < 1.29 is 77.2 Å². The van der Waals surface area contributed by atoms with Gasteiger partial charge in [-0.15, -0.1) is 0 Å². The van der Waals surface area contributed by atoms with Crippen LogP contribution in [0, 0.1) is 23.7 Å². The normalized spacial score (nSPS) is 14.2. The molecule has 2 aromatic carbocycles. The number of carbonyl (C=O) groups is 11. The number of rotatable bonds is 34. The summed E-state index contributed by atoms with van der Waals surface area (Å²) >= 11 is 0. The van der Waals surface area contributed by atoms with E-state index in [0.717, 1.165) is 0 Å². The lowest BCUT2D eigenvalue weighted by molar-refractivity contribution is -0.139. The van der Waals surface area contributed by atoms with Crippen LogP contribution in [-0.2, 0) is 54.4 Å². The number of carboxylic acid groups (broad SMARTS) is 1. The molecule has 0 radical (unpaired) electrons. The zero-order chi connectivity index (χ0) is 59.7. The van der Waals surface area contributed by atoms with Gasteiger partial charge in [0.05, 0.1) is 36.5 Å². The molecule has 23 nitrogen and oxygen atoms in total. The number of unbranched alkanes of at least 4 members (excludes halogenated alkanes) is 2. The number of primary amides is 1. The minimum atomic E-state index is -1.31. The van der Waals surface area contributed by atoms with Crippen molar-refractivity contribution >= 4 is 76.0 Å². The second-order valence-corrected chi connectivity index (χ2v) is 20.5. The lowest BCUT2D eigenvalue weighted by atomic mass is 9.90. The number of ketones is 5. The Balaban J connectivity index is 1.14. The molecular formula is C58H68N6O17. The average molecular weight is 1120 g/mol. The Morgan fingerprint density at radius 1 is 0.753 bits per heavy atom. The van der Waals surface area contributed by atoms with E-state index in [1.165, 1.54) is 83.5 Å². The number of benzene rings is 3. The summed E-state index contributed by atoms with van der Waals surface area (Å²) in [7, 11) is 0. The number of aliphatic carboxylic acids is 1. The van der Waals surface area contributed by atoms with Crippen molar-refractivity contribution in [2.24, 2.45) is 29.4 Å². The molecule has 1 aliphatic carbocycles. The monoisotopic (exact) mass is 1120 g/mol. The van der Waals surface area contributed by atoms with Gasteiger partial charge in [0.25, 0.3) is 6.47 Å². The van der Waals surface area contributed by atoms with Crippen LogP contribution in [0.4, 0.5) is 0 Å². The highest BCUT2D eigenvalue weighted by molar-refractivity contribution is 6.06. The molecule has 5 rings (SSSR count). The van der Waals surface area contributed by atoms with Crippen LogP contribution in [0.5, 0.6) is 11.5 Å². The first-order chi connectivity index (χ1) is 38.4. The Labute approximate surface area is 465 Å². The number of fused-ring (bicyclic) bond motifs is 2. The van der Waals surface area contributed by atoms with Crippen LogP contribution in [0.3, 0.4) is 0 Å². The van der Waals surface area contributed by atoms with E-state index in [1.54, 1.807) is 18.2 Å². The molecule has 0 saturated heterocycles. The van der Waals surface area contributed by atoms with Crippen LogP contribution in [0.1, 0.15) is 121 Å². The summed E-state index contributed by atoms with van der Waals surface area (Å²) in [5.74, 6) is -10.9. The van der Waals surface area contributed by atoms with Crippen molar-refractivity contribution in [1.29, 1.82) is 0 Å². The van der Waals surface area contributed by atoms with Gasteiger partial charge >= 0.3 is 5.97 Å². The van der Waals surface area contributed by atoms with Gasteiger partial charge in [-0.1, -0.05) is 19.8 Å². The third-order valence-corrected chi connectivity index (χ3v) is 14.0. The Hall–Kier alpha value is -8.73. The smallest absolute Gasteiger partial charge is 0.303 e. The van der Waals surface area contributed by atoms with E-state index in [0.29, 0.717) is 52.6 Å². The second-order valence-electron chi connectivity index (χ2n) is 20.5. The lowest BCUT2D eigenvalue weighted by Crippen LogP contribution is -2.48. The molecule has 0 bridgehead atoms. The van der Waals surface area contributed by atoms with Gasteiger partial charge in [0.15, 0.2) is 28.6 Å². The van der Waals surface area contributed by atoms with Gasteiger partial charge in [-0.05, 0) is 89.4 Å². The number of Topliss-reactive ketones (excluding diaryl/α,β-unsaturated/α-hetero) is 5. The molecule has 9 N–H and O–H groups in total. The van der Waals surface area contributed by atoms with Gasteiger partial charge in [0.2, 0.25) is 23.6 Å². The van der Waals surface area contributed by atoms with Crippen LogP contribution >= 0.6 is 0 Å². The van der Waals surface area contributed by atoms with Gasteiger partial charge in [-0.25, -0.2) is 4.98 Å². The standard InChI is InChI=1S/C58H68N6O17/c1-30(56(77)62-33(4)48(72)22-37(12-18-53(74)75)58(79)64-45(23-38-27-60-28-61-38)49(73)26-43(34(5)67)55(59)76)19-47(71)32(3)63-57(78)36(20-31(2)66)9-7-6-8-10-46(70)35-11-17-50(80-29-65)44(21-35)54-41-15-13-39(68)24-51(41)81-52-25-40(69)14-16-42(52)54/h11,13-17,21,24-25,27-30,32-34,36-37,43,45,67-68H,6-10,12,18-20,22-23,26H2,1-5H3,(H2,59,76)(H,60,61)(H,62,77)(H,63,78)(H,64,79)(H,74,75)/t30-,32+,33+,34-,36-,37-,43?,45+/m0/s1. The summed E-state index contributed by atoms with van der Waals surface area (Å²) in [5.41, 5.74) is 7.35. The van der Waals surface area contributed by atoms with Crippen LogP contribution < -0.4 is 31.8 Å². The molecule has 0 spiro atoms. The van der Waals surface area contributed by atoms with Crippen molar-refractivity contribution in [2.75, 3.05) is 0 Å². The minimum absolute atomic E-state index is 0.0908. The predicted octanol–water partition coefficient (Wildman–Crippen LogP) is 4.47. The number of amides is 4. The summed E-state index contributed by atoms with van der Waals surface area (Å²) in [6, 6.07) is 9.59. The number of ether oxygens (including phenoxy) is 1. The molecule has 2 heterocycles. The fourth-order valence-corrected chi connectivity index (χ4v) is 9.35. The fraction of sp³-hybridized carbons (Fsp3) is 0.431. The fourth-order valence-electron chi connectivity index (χ4n) is 9.35. The van der Waals surface area contributed by atoms with Crippen molar-refractivity contribution in [3.05, 3.63) is 88.6 Å². The molecule has 4 amide bonds. The summed E-state index contributed by atoms with van der Waals surface area (Å²) < 4.78 is 11.3. The molecule has 1 unspecified atom stereocenters. The van der Waals surface area contributed by atoms with E-state index in [-0.39, 0.29) is 84.8 Å². The maximum Gasteiger partial charge on any atom is 0.303 e. The third-order valence-electron chi connectivity index (χ3n) is 14.0. The number of imidazole rings is 1. The number of carbonyl (C=O) groups excluding carboxylic acids is 10. The quantitative estimate of drug-likeness (QED) is 0.0122. The van der Waals surface area contributed by atoms with Gasteiger partial charge in [-0.2, -0.15) is 0 Å². The Kier molecular flexibility index (Phi) is 23.0. The van der Waals surface area contributed by atoms with Gasteiger partial charge in [-0.3, -0.25) is 52.7 Å². The molecule has 432 valence electrons. The summed E-state index contributed by atoms with van der Waals surface area (Å²) in [6.07, 6.45) is 0.530. The Morgan fingerprint density at radius 2 is 1.43 bits per heavy atom. The van der Waals surface area contributed by atoms with E-state index < -0.39 is 114 Å². The first kappa shape index (κ1) is 63.1. The van der Waals surface area contributed by atoms with Crippen LogP contribution in [0.15, 0.2) is 76.3 Å². The van der Waals surface area contributed by atoms with E-state index >= 15 is 0 Å². The van der Waals surface area contributed by atoms with Crippen LogP contribution in [-0.4, -0.2) is 115 Å². The Bertz CT molecular complexity index is 3170. The second kappa shape index (κ2) is 29.5. The van der Waals surface area contributed by atoms with Crippen molar-refractivity contribution in [1.82, 2.24) is 25.9 Å². The van der Waals surface area contributed by atoms with Crippen LogP contribution in [0.2, 0.25) is 0 Å². The molecule has 0 fully saturated rings. The number of phenolic OH excluding ortho intramolecular Hbond substituents is 1. The summed E-state index contributed by atoms with van der Waals surface area (Å²) in [4.78, 5) is 161. The number of aliphatic hydroxyl groups excluding tert-OH is 1. The number of phenols is 1. The summed E-state index contributed by atoms with van der Waals surface area (Å²) in [5, 5.41) is 37.9. The number of hydrogen-bond acceptors (Lipinski definition) is 17. The number of aromatic nitrogens is 2. The number of hydrogen-bond donors (Lipinski definition) is 8. The molecule has 1 aromatic heterocycles. The maximum absolute atomic E-state index is 13.7. The number of nitrogens with zero attached hydrogens (tertiary/aromatic N) is 1. The SMILES string of the molecule is CC(=O)C[C@H](CCCCCC(=O)c1ccc(OC=O)c(-c2c3ccc(=O)cc-3oc3cc(O)ccc23)c1)C(=O)N[C@H](C)C(=O)C[C@H](C)C(=O)N[C@H](C)C(=O)C[C@H](CCC(=O)O)C(=O)N[C@H](Cc1cnc[nH]1)C(=O)CC(C(N)=O)[C@H](C)O. The minimum Gasteiger partial charge on any atom is -0.508 e. The molecule has 81 heavy (non-hydrogen) atoms. The van der Waals surface area contributed by atoms with E-state index in [2.05, 4.69) is 25.9 Å². The zero-order valence-corrected chi connectivity index (χ0v) is 45.6. The molecular weight excluding hydrogens is 1050 g/mol. The number of aromatic hydroxyl groups is 1. The number of nitrogens with two attached hydrogens (primary N) is 1. The summed E-state index contributed by atoms with van der Waals surface area (Å²) in [6.45, 7) is 7.07. The third kappa shape index (κ3) is 18.1. The number of aromatic amines is 1. The lowest BCUT2D eigenvalue weighted by Gasteiger charge is -2.24. The molecule has 0 saturated carbocycles. The molecule has 8 atom stereocenters. The number of H-pyrrole nitrogens is 1. The highest BCUT2D eigenvalue weighted by atomic mass is 16.5. The highest BCUT2D eigenvalue weighted by Gasteiger charge is 2.34. The molecule has 1 aliphatic heterocycles. The van der Waals surface area contributed by atoms with Crippen molar-refractivity contribution in [3.8, 4) is 33.9 Å². The van der Waals surface area contributed by atoms with Gasteiger partial charge in [0.1, 0.15) is 28.6 Å². The van der Waals surface area contributed by atoms with Crippen molar-refractivity contribution in [3.63, 3.8) is 0 Å². The maximum atomic E-state index is 13.7.